The molecular formula is C27H25F9N4O9. The third-order valence-corrected chi connectivity index (χ3v) is 4.20. The third kappa shape index (κ3) is 20.2. The number of anilines is 2. The van der Waals surface area contributed by atoms with Crippen LogP contribution in [-0.4, -0.2) is 78.3 Å². The Morgan fingerprint density at radius 3 is 1.51 bits per heavy atom. The molecule has 3 rings (SSSR count). The number of hydrogen-bond acceptors (Lipinski definition) is 10. The van der Waals surface area contributed by atoms with E-state index < -0.39 is 42.0 Å². The largest absolute Gasteiger partial charge is 0.490 e. The van der Waals surface area contributed by atoms with E-state index in [9.17, 15) is 44.3 Å². The Balaban J connectivity index is 0.000000891. The number of carbonyl (C=O) groups is 4. The van der Waals surface area contributed by atoms with Crippen LogP contribution in [0.25, 0.3) is 0 Å². The van der Waals surface area contributed by atoms with Crippen LogP contribution in [0, 0.1) is 0 Å². The molecule has 22 heteroatoms. The van der Waals surface area contributed by atoms with Gasteiger partial charge in [-0.05, 0) is 57.2 Å². The van der Waals surface area contributed by atoms with E-state index in [1.54, 1.807) is 18.3 Å². The van der Waals surface area contributed by atoms with Crippen molar-refractivity contribution in [2.24, 2.45) is 0 Å². The number of pyridine rings is 1. The number of rotatable bonds is 6. The Morgan fingerprint density at radius 1 is 0.673 bits per heavy atom. The maximum Gasteiger partial charge on any atom is 0.490 e. The third-order valence-electron chi connectivity index (χ3n) is 4.20. The van der Waals surface area contributed by atoms with Crippen molar-refractivity contribution in [3.05, 3.63) is 66.7 Å². The van der Waals surface area contributed by atoms with Gasteiger partial charge in [0.15, 0.2) is 0 Å². The van der Waals surface area contributed by atoms with Crippen molar-refractivity contribution in [2.75, 3.05) is 5.32 Å². The molecule has 0 aliphatic heterocycles. The predicted molar refractivity (Wildman–Crippen MR) is 147 cm³/mol. The van der Waals surface area contributed by atoms with Gasteiger partial charge in [0, 0.05) is 24.3 Å². The molecule has 0 spiro atoms. The summed E-state index contributed by atoms with van der Waals surface area (Å²) >= 11 is 0. The normalized spacial score (nSPS) is 11.1. The molecule has 0 saturated carbocycles. The smallest absolute Gasteiger partial charge is 0.475 e. The summed E-state index contributed by atoms with van der Waals surface area (Å²) in [7, 11) is 0. The number of ether oxygens (including phenoxy) is 2. The zero-order valence-corrected chi connectivity index (χ0v) is 25.0. The van der Waals surface area contributed by atoms with Gasteiger partial charge in [0.25, 0.3) is 0 Å². The molecule has 13 nitrogen and oxygen atoms in total. The fourth-order valence-corrected chi connectivity index (χ4v) is 2.38. The van der Waals surface area contributed by atoms with Crippen LogP contribution in [0.3, 0.4) is 0 Å². The Kier molecular flexibility index (Phi) is 16.4. The first kappa shape index (κ1) is 43.3. The molecule has 0 aliphatic rings. The minimum atomic E-state index is -5.08. The lowest BCUT2D eigenvalue weighted by Crippen LogP contribution is -2.25. The van der Waals surface area contributed by atoms with Crippen LogP contribution in [0.15, 0.2) is 61.1 Å². The molecule has 0 fully saturated rings. The first-order chi connectivity index (χ1) is 22.2. The number of carboxylic acids is 3. The molecule has 0 aliphatic carbocycles. The number of aromatic nitrogens is 3. The maximum absolute atomic E-state index is 12.1. The Morgan fingerprint density at radius 2 is 1.12 bits per heavy atom. The summed E-state index contributed by atoms with van der Waals surface area (Å²) in [5, 5.41) is 24.6. The summed E-state index contributed by atoms with van der Waals surface area (Å²) in [6.45, 7) is 5.46. The molecule has 0 radical (unpaired) electrons. The van der Waals surface area contributed by atoms with Crippen molar-refractivity contribution < 1.29 is 83.5 Å². The van der Waals surface area contributed by atoms with Gasteiger partial charge >= 0.3 is 42.4 Å². The van der Waals surface area contributed by atoms with E-state index in [-0.39, 0.29) is 18.3 Å². The van der Waals surface area contributed by atoms with Gasteiger partial charge in [0.2, 0.25) is 5.88 Å². The Bertz CT molecular complexity index is 1450. The van der Waals surface area contributed by atoms with Crippen molar-refractivity contribution in [1.82, 2.24) is 15.0 Å². The van der Waals surface area contributed by atoms with Crippen molar-refractivity contribution >= 4 is 35.4 Å². The molecule has 0 saturated heterocycles. The highest BCUT2D eigenvalue weighted by Crippen LogP contribution is 2.25. The fraction of sp³-hybridized carbons (Fsp3) is 0.296. The fourth-order valence-electron chi connectivity index (χ4n) is 2.38. The van der Waals surface area contributed by atoms with Gasteiger partial charge < -0.3 is 30.1 Å². The number of esters is 1. The van der Waals surface area contributed by atoms with E-state index >= 15 is 0 Å². The van der Waals surface area contributed by atoms with Gasteiger partial charge in [0.1, 0.15) is 22.9 Å². The van der Waals surface area contributed by atoms with Crippen molar-refractivity contribution in [3.63, 3.8) is 0 Å². The molecule has 3 aromatic rings. The molecule has 2 heterocycles. The first-order valence-corrected chi connectivity index (χ1v) is 12.6. The quantitative estimate of drug-likeness (QED) is 0.166. The van der Waals surface area contributed by atoms with Gasteiger partial charge in [-0.3, -0.25) is 9.78 Å². The van der Waals surface area contributed by atoms with Gasteiger partial charge in [-0.1, -0.05) is 6.07 Å². The minimum Gasteiger partial charge on any atom is -0.475 e. The van der Waals surface area contributed by atoms with Gasteiger partial charge in [-0.2, -0.15) is 39.5 Å². The van der Waals surface area contributed by atoms with Gasteiger partial charge in [-0.25, -0.2) is 24.4 Å². The topological polar surface area (TPSA) is 198 Å². The summed E-state index contributed by atoms with van der Waals surface area (Å²) in [5.41, 5.74) is 0.739. The van der Waals surface area contributed by atoms with Gasteiger partial charge in [-0.15, -0.1) is 0 Å². The predicted octanol–water partition coefficient (Wildman–Crippen LogP) is 6.19. The second-order valence-electron chi connectivity index (χ2n) is 9.45. The molecule has 0 bridgehead atoms. The molecule has 1 aromatic carbocycles. The van der Waals surface area contributed by atoms with E-state index in [4.69, 9.17) is 39.2 Å². The highest BCUT2D eigenvalue weighted by Gasteiger charge is 2.39. The standard InChI is InChI=1S/C21H22N4O3.3C2HF3O2/c1-21(2,3)28-19(26)14-17-20(24-13-12-22-17)27-16-9-7-15(8-10-16)25-18-6-4-5-11-23-18;3*3-2(4,5)1(6)7/h4-13H,14H2,1-3H3,(H,23,25);3*(H,6,7). The number of hydrogen-bond donors (Lipinski definition) is 4. The van der Waals surface area contributed by atoms with Gasteiger partial charge in [0.05, 0.1) is 6.42 Å². The molecule has 49 heavy (non-hydrogen) atoms. The number of nitrogens with one attached hydrogen (secondary N) is 1. The van der Waals surface area contributed by atoms with Crippen molar-refractivity contribution in [1.29, 1.82) is 0 Å². The molecule has 0 atom stereocenters. The van der Waals surface area contributed by atoms with E-state index in [1.807, 2.05) is 51.1 Å². The zero-order chi connectivity index (χ0) is 38.2. The van der Waals surface area contributed by atoms with Crippen molar-refractivity contribution in [3.8, 4) is 11.6 Å². The Hall–Kier alpha value is -5.70. The second kappa shape index (κ2) is 18.6. The summed E-state index contributed by atoms with van der Waals surface area (Å²) < 4.78 is 106. The second-order valence-corrected chi connectivity index (χ2v) is 9.45. The zero-order valence-electron chi connectivity index (χ0n) is 25.0. The number of aliphatic carboxylic acids is 3. The van der Waals surface area contributed by atoms with Crippen molar-refractivity contribution in [2.45, 2.75) is 51.3 Å². The van der Waals surface area contributed by atoms with E-state index in [1.165, 1.54) is 12.4 Å². The number of alkyl halides is 9. The minimum absolute atomic E-state index is 0.0141. The number of halogens is 9. The molecule has 4 N–H and O–H groups in total. The number of carboxylic acid groups (broad SMARTS) is 3. The average Bonchev–Trinajstić information content (AvgIpc) is 2.94. The molecular weight excluding hydrogens is 695 g/mol. The average molecular weight is 720 g/mol. The number of carbonyl (C=O) groups excluding carboxylic acids is 1. The van der Waals surface area contributed by atoms with E-state index in [2.05, 4.69) is 20.3 Å². The lowest BCUT2D eigenvalue weighted by Gasteiger charge is -2.19. The SMILES string of the molecule is CC(C)(C)OC(=O)Cc1nccnc1Oc1ccc(Nc2ccccn2)cc1.O=C(O)C(F)(F)F.O=C(O)C(F)(F)F.O=C(O)C(F)(F)F. The summed E-state index contributed by atoms with van der Waals surface area (Å²) in [6, 6.07) is 13.0. The molecule has 0 amide bonds. The number of nitrogens with zero attached hydrogens (tertiary/aromatic N) is 3. The summed E-state index contributed by atoms with van der Waals surface area (Å²) in [4.78, 5) is 51.4. The van der Waals surface area contributed by atoms with Crippen LogP contribution < -0.4 is 10.1 Å². The highest BCUT2D eigenvalue weighted by molar-refractivity contribution is 5.74. The van der Waals surface area contributed by atoms with E-state index in [0.29, 0.717) is 11.4 Å². The lowest BCUT2D eigenvalue weighted by molar-refractivity contribution is -0.193. The van der Waals surface area contributed by atoms with Crippen LogP contribution in [0.1, 0.15) is 26.5 Å². The number of benzene rings is 1. The van der Waals surface area contributed by atoms with Crippen LogP contribution in [-0.2, 0) is 30.3 Å². The van der Waals surface area contributed by atoms with Crippen LogP contribution in [0.2, 0.25) is 0 Å². The summed E-state index contributed by atoms with van der Waals surface area (Å²) in [5.74, 6) is -7.04. The summed E-state index contributed by atoms with van der Waals surface area (Å²) in [6.07, 6.45) is -10.5. The monoisotopic (exact) mass is 720 g/mol. The molecule has 2 aromatic heterocycles. The molecule has 270 valence electrons. The lowest BCUT2D eigenvalue weighted by atomic mass is 10.2. The van der Waals surface area contributed by atoms with Crippen LogP contribution in [0.5, 0.6) is 11.6 Å². The van der Waals surface area contributed by atoms with Crippen LogP contribution in [0.4, 0.5) is 51.0 Å². The van der Waals surface area contributed by atoms with Crippen LogP contribution >= 0.6 is 0 Å². The molecule has 0 unspecified atom stereocenters. The first-order valence-electron chi connectivity index (χ1n) is 12.6. The van der Waals surface area contributed by atoms with E-state index in [0.717, 1.165) is 11.5 Å². The maximum atomic E-state index is 12.1. The Labute approximate surface area is 269 Å². The highest BCUT2D eigenvalue weighted by atomic mass is 19.4.